The maximum absolute atomic E-state index is 10.2. The molecule has 0 spiro atoms. The third kappa shape index (κ3) is 2.45. The van der Waals surface area contributed by atoms with Gasteiger partial charge in [-0.05, 0) is 31.2 Å². The Hall–Kier alpha value is -0.860. The minimum atomic E-state index is -0.384. The van der Waals surface area contributed by atoms with E-state index in [0.29, 0.717) is 5.92 Å². The molecule has 0 heterocycles. The third-order valence-corrected chi connectivity index (χ3v) is 3.71. The molecule has 1 aromatic rings. The van der Waals surface area contributed by atoms with Crippen molar-refractivity contribution in [2.75, 3.05) is 0 Å². The van der Waals surface area contributed by atoms with Crippen molar-refractivity contribution < 1.29 is 5.11 Å². The average molecular weight is 219 g/mol. The molecule has 0 amide bonds. The summed E-state index contributed by atoms with van der Waals surface area (Å²) in [5, 5.41) is 10.2. The van der Waals surface area contributed by atoms with Gasteiger partial charge in [0.2, 0.25) is 0 Å². The molecule has 16 heavy (non-hydrogen) atoms. The highest BCUT2D eigenvalue weighted by molar-refractivity contribution is 5.24. The van der Waals surface area contributed by atoms with Gasteiger partial charge < -0.3 is 10.8 Å². The Balaban J connectivity index is 2.05. The summed E-state index contributed by atoms with van der Waals surface area (Å²) in [5.74, 6) is 0.399. The van der Waals surface area contributed by atoms with Gasteiger partial charge in [-0.25, -0.2) is 0 Å². The largest absolute Gasteiger partial charge is 0.391 e. The van der Waals surface area contributed by atoms with E-state index >= 15 is 0 Å². The molecule has 1 aliphatic carbocycles. The summed E-state index contributed by atoms with van der Waals surface area (Å²) in [5.41, 5.74) is 8.39. The molecule has 2 nitrogen and oxygen atoms in total. The summed E-state index contributed by atoms with van der Waals surface area (Å²) in [4.78, 5) is 0. The van der Waals surface area contributed by atoms with E-state index < -0.39 is 0 Å². The van der Waals surface area contributed by atoms with Crippen LogP contribution in [0.2, 0.25) is 0 Å². The van der Waals surface area contributed by atoms with Crippen LogP contribution < -0.4 is 5.73 Å². The molecule has 1 fully saturated rings. The first kappa shape index (κ1) is 11.6. The standard InChI is InChI=1S/C14H21NO/c1-10-6-8-11(9-7-10)13(15)14(16)12-4-2-3-5-12/h6-9,12-14,16H,2-5,15H2,1H3/t13-,14+/m1/s1. The molecule has 1 saturated carbocycles. The van der Waals surface area contributed by atoms with E-state index in [1.54, 1.807) is 0 Å². The van der Waals surface area contributed by atoms with Crippen molar-refractivity contribution in [1.82, 2.24) is 0 Å². The Morgan fingerprint density at radius 2 is 1.75 bits per heavy atom. The summed E-state index contributed by atoms with van der Waals surface area (Å²) in [7, 11) is 0. The van der Waals surface area contributed by atoms with Crippen molar-refractivity contribution >= 4 is 0 Å². The van der Waals surface area contributed by atoms with Crippen molar-refractivity contribution in [3.05, 3.63) is 35.4 Å². The number of aliphatic hydroxyl groups is 1. The lowest BCUT2D eigenvalue weighted by atomic mass is 9.91. The van der Waals surface area contributed by atoms with Crippen molar-refractivity contribution in [2.45, 2.75) is 44.8 Å². The van der Waals surface area contributed by atoms with Crippen molar-refractivity contribution in [3.8, 4) is 0 Å². The molecule has 0 radical (unpaired) electrons. The lowest BCUT2D eigenvalue weighted by molar-refractivity contribution is 0.0845. The van der Waals surface area contributed by atoms with Crippen LogP contribution >= 0.6 is 0 Å². The Labute approximate surface area is 97.5 Å². The van der Waals surface area contributed by atoms with Crippen LogP contribution in [0.4, 0.5) is 0 Å². The second-order valence-electron chi connectivity index (χ2n) is 4.97. The first-order valence-electron chi connectivity index (χ1n) is 6.18. The lowest BCUT2D eigenvalue weighted by Gasteiger charge is -2.24. The number of nitrogens with two attached hydrogens (primary N) is 1. The third-order valence-electron chi connectivity index (χ3n) is 3.71. The number of benzene rings is 1. The van der Waals surface area contributed by atoms with Gasteiger partial charge in [0, 0.05) is 0 Å². The first-order valence-corrected chi connectivity index (χ1v) is 6.18. The fraction of sp³-hybridized carbons (Fsp3) is 0.571. The van der Waals surface area contributed by atoms with Gasteiger partial charge in [-0.3, -0.25) is 0 Å². The molecule has 1 aliphatic rings. The van der Waals surface area contributed by atoms with Gasteiger partial charge in [0.15, 0.2) is 0 Å². The maximum atomic E-state index is 10.2. The molecular formula is C14H21NO. The average Bonchev–Trinajstić information content (AvgIpc) is 2.81. The van der Waals surface area contributed by atoms with E-state index in [0.717, 1.165) is 18.4 Å². The fourth-order valence-electron chi connectivity index (χ4n) is 2.58. The van der Waals surface area contributed by atoms with Gasteiger partial charge in [-0.1, -0.05) is 42.7 Å². The Morgan fingerprint density at radius 1 is 1.19 bits per heavy atom. The van der Waals surface area contributed by atoms with Crippen molar-refractivity contribution in [1.29, 1.82) is 0 Å². The fourth-order valence-corrected chi connectivity index (χ4v) is 2.58. The molecule has 0 bridgehead atoms. The highest BCUT2D eigenvalue weighted by Crippen LogP contribution is 2.32. The minimum absolute atomic E-state index is 0.233. The quantitative estimate of drug-likeness (QED) is 0.820. The van der Waals surface area contributed by atoms with Crippen LogP contribution in [0.15, 0.2) is 24.3 Å². The predicted molar refractivity (Wildman–Crippen MR) is 66.1 cm³/mol. The molecule has 0 unspecified atom stereocenters. The Bertz CT molecular complexity index is 327. The van der Waals surface area contributed by atoms with Gasteiger partial charge in [-0.2, -0.15) is 0 Å². The van der Waals surface area contributed by atoms with E-state index in [4.69, 9.17) is 5.73 Å². The smallest absolute Gasteiger partial charge is 0.0760 e. The maximum Gasteiger partial charge on any atom is 0.0760 e. The SMILES string of the molecule is Cc1ccc([C@@H](N)[C@@H](O)C2CCCC2)cc1. The molecular weight excluding hydrogens is 198 g/mol. The summed E-state index contributed by atoms with van der Waals surface area (Å²) in [6.45, 7) is 2.06. The molecule has 88 valence electrons. The van der Waals surface area contributed by atoms with Crippen molar-refractivity contribution in [3.63, 3.8) is 0 Å². The summed E-state index contributed by atoms with van der Waals surface area (Å²) >= 11 is 0. The van der Waals surface area contributed by atoms with Gasteiger partial charge in [0.1, 0.15) is 0 Å². The van der Waals surface area contributed by atoms with E-state index in [1.807, 2.05) is 12.1 Å². The Morgan fingerprint density at radius 3 is 2.31 bits per heavy atom. The van der Waals surface area contributed by atoms with E-state index in [-0.39, 0.29) is 12.1 Å². The second kappa shape index (κ2) is 4.98. The highest BCUT2D eigenvalue weighted by atomic mass is 16.3. The molecule has 1 aromatic carbocycles. The number of aryl methyl sites for hydroxylation is 1. The number of hydrogen-bond donors (Lipinski definition) is 2. The van der Waals surface area contributed by atoms with Gasteiger partial charge in [-0.15, -0.1) is 0 Å². The zero-order valence-corrected chi connectivity index (χ0v) is 9.89. The number of rotatable bonds is 3. The van der Waals surface area contributed by atoms with Crippen LogP contribution in [-0.2, 0) is 0 Å². The normalized spacial score (nSPS) is 20.9. The van der Waals surface area contributed by atoms with E-state index in [2.05, 4.69) is 19.1 Å². The molecule has 0 saturated heterocycles. The van der Waals surface area contributed by atoms with Crippen LogP contribution in [0.1, 0.15) is 42.9 Å². The Kier molecular flexibility index (Phi) is 3.62. The van der Waals surface area contributed by atoms with Crippen LogP contribution in [0, 0.1) is 12.8 Å². The van der Waals surface area contributed by atoms with Gasteiger partial charge >= 0.3 is 0 Å². The van der Waals surface area contributed by atoms with Crippen LogP contribution in [0.5, 0.6) is 0 Å². The molecule has 2 heteroatoms. The molecule has 2 atom stereocenters. The topological polar surface area (TPSA) is 46.2 Å². The first-order chi connectivity index (χ1) is 7.68. The molecule has 0 aliphatic heterocycles. The predicted octanol–water partition coefficient (Wildman–Crippen LogP) is 2.55. The van der Waals surface area contributed by atoms with E-state index in [9.17, 15) is 5.11 Å². The van der Waals surface area contributed by atoms with E-state index in [1.165, 1.54) is 18.4 Å². The summed E-state index contributed by atoms with van der Waals surface area (Å²) in [6, 6.07) is 7.92. The monoisotopic (exact) mass is 219 g/mol. The van der Waals surface area contributed by atoms with Gasteiger partial charge in [0.25, 0.3) is 0 Å². The number of hydrogen-bond acceptors (Lipinski definition) is 2. The number of aliphatic hydroxyl groups excluding tert-OH is 1. The van der Waals surface area contributed by atoms with Crippen LogP contribution in [0.3, 0.4) is 0 Å². The minimum Gasteiger partial charge on any atom is -0.391 e. The summed E-state index contributed by atoms with van der Waals surface area (Å²) in [6.07, 6.45) is 4.34. The zero-order chi connectivity index (χ0) is 11.5. The summed E-state index contributed by atoms with van der Waals surface area (Å²) < 4.78 is 0. The van der Waals surface area contributed by atoms with Crippen LogP contribution in [-0.4, -0.2) is 11.2 Å². The molecule has 2 rings (SSSR count). The molecule has 0 aromatic heterocycles. The van der Waals surface area contributed by atoms with Crippen LogP contribution in [0.25, 0.3) is 0 Å². The zero-order valence-electron chi connectivity index (χ0n) is 9.89. The second-order valence-corrected chi connectivity index (χ2v) is 4.97. The molecule has 3 N–H and O–H groups in total. The highest BCUT2D eigenvalue weighted by Gasteiger charge is 2.28. The van der Waals surface area contributed by atoms with Crippen molar-refractivity contribution in [2.24, 2.45) is 11.7 Å². The van der Waals surface area contributed by atoms with Gasteiger partial charge in [0.05, 0.1) is 12.1 Å². The lowest BCUT2D eigenvalue weighted by Crippen LogP contribution is -2.31.